The number of hydrogen-bond acceptors (Lipinski definition) is 8. The van der Waals surface area contributed by atoms with Crippen molar-refractivity contribution in [2.24, 2.45) is 4.36 Å². The molecule has 0 bridgehead atoms. The number of aromatic nitrogens is 2. The topological polar surface area (TPSA) is 129 Å². The van der Waals surface area contributed by atoms with E-state index in [-0.39, 0.29) is 24.1 Å². The van der Waals surface area contributed by atoms with Gasteiger partial charge in [0.05, 0.1) is 34.7 Å². The smallest absolute Gasteiger partial charge is 0.442 e. The fraction of sp³-hybridized carbons (Fsp3) is 0.190. The van der Waals surface area contributed by atoms with Gasteiger partial charge in [0, 0.05) is 23.0 Å². The summed E-state index contributed by atoms with van der Waals surface area (Å²) in [6.45, 7) is 1.77. The summed E-state index contributed by atoms with van der Waals surface area (Å²) < 4.78 is 40.4. The second-order valence-electron chi connectivity index (χ2n) is 6.60. The molecule has 1 heterocycles. The van der Waals surface area contributed by atoms with Gasteiger partial charge in [0.25, 0.3) is 0 Å². The van der Waals surface area contributed by atoms with Crippen LogP contribution in [-0.4, -0.2) is 40.2 Å². The first-order valence-electron chi connectivity index (χ1n) is 9.46. The molecule has 1 unspecified atom stereocenters. The standard InChI is InChI=1S/C21H22FN5O4S/c1-4-31-21(28)27-32(3,29)15-7-5-6-14(11-15)25-20-24-12-16(19(26-20)30-2)13-8-9-18(23)17(22)10-13/h5-12H,4,23H2,1-3H3,(H,24,25,26). The van der Waals surface area contributed by atoms with Crippen molar-refractivity contribution in [1.29, 1.82) is 0 Å². The van der Waals surface area contributed by atoms with Gasteiger partial charge in [0.2, 0.25) is 11.8 Å². The molecule has 168 valence electrons. The number of nitrogens with one attached hydrogen (secondary N) is 1. The fourth-order valence-electron chi connectivity index (χ4n) is 2.76. The number of ether oxygens (including phenoxy) is 2. The van der Waals surface area contributed by atoms with Gasteiger partial charge in [-0.15, -0.1) is 4.36 Å². The number of nitrogens with two attached hydrogens (primary N) is 1. The third kappa shape index (κ3) is 5.30. The van der Waals surface area contributed by atoms with Gasteiger partial charge in [-0.3, -0.25) is 0 Å². The van der Waals surface area contributed by atoms with E-state index in [0.29, 0.717) is 21.7 Å². The Kier molecular flexibility index (Phi) is 6.89. The normalized spacial score (nSPS) is 12.5. The summed E-state index contributed by atoms with van der Waals surface area (Å²) >= 11 is 0. The summed E-state index contributed by atoms with van der Waals surface area (Å²) in [6, 6.07) is 10.9. The van der Waals surface area contributed by atoms with Crippen LogP contribution in [0, 0.1) is 5.82 Å². The highest BCUT2D eigenvalue weighted by Gasteiger charge is 2.14. The van der Waals surface area contributed by atoms with E-state index in [4.69, 9.17) is 15.2 Å². The van der Waals surface area contributed by atoms with E-state index in [1.807, 2.05) is 0 Å². The molecule has 0 fully saturated rings. The number of halogens is 1. The van der Waals surface area contributed by atoms with Crippen LogP contribution >= 0.6 is 0 Å². The number of hydrogen-bond donors (Lipinski definition) is 2. The van der Waals surface area contributed by atoms with E-state index in [1.54, 1.807) is 37.3 Å². The highest BCUT2D eigenvalue weighted by Crippen LogP contribution is 2.31. The molecule has 0 radical (unpaired) electrons. The third-order valence-electron chi connectivity index (χ3n) is 4.30. The molecule has 2 aromatic carbocycles. The summed E-state index contributed by atoms with van der Waals surface area (Å²) in [5.74, 6) is -0.136. The number of nitrogens with zero attached hydrogens (tertiary/aromatic N) is 3. The second kappa shape index (κ2) is 9.60. The molecule has 11 heteroatoms. The average molecular weight is 460 g/mol. The molecule has 1 aromatic heterocycles. The molecule has 3 N–H and O–H groups in total. The maximum atomic E-state index is 13.8. The van der Waals surface area contributed by atoms with Gasteiger partial charge < -0.3 is 20.5 Å². The zero-order valence-electron chi connectivity index (χ0n) is 17.7. The summed E-state index contributed by atoms with van der Waals surface area (Å²) in [5.41, 5.74) is 7.08. The number of nitrogen functional groups attached to an aromatic ring is 1. The van der Waals surface area contributed by atoms with E-state index < -0.39 is 21.6 Å². The maximum absolute atomic E-state index is 13.8. The number of rotatable bonds is 6. The van der Waals surface area contributed by atoms with Gasteiger partial charge in [-0.25, -0.2) is 18.4 Å². The van der Waals surface area contributed by atoms with Crippen LogP contribution in [-0.2, 0) is 14.5 Å². The molecule has 3 aromatic rings. The number of anilines is 3. The van der Waals surface area contributed by atoms with Crippen molar-refractivity contribution in [3.8, 4) is 17.0 Å². The summed E-state index contributed by atoms with van der Waals surface area (Å²) in [4.78, 5) is 20.5. The lowest BCUT2D eigenvalue weighted by Crippen LogP contribution is -2.06. The van der Waals surface area contributed by atoms with Crippen LogP contribution in [0.15, 0.2) is 57.9 Å². The molecule has 0 aliphatic heterocycles. The van der Waals surface area contributed by atoms with E-state index in [2.05, 4.69) is 19.6 Å². The molecule has 0 saturated carbocycles. The van der Waals surface area contributed by atoms with Crippen molar-refractivity contribution in [2.45, 2.75) is 11.8 Å². The molecule has 0 aliphatic rings. The number of carbonyl (C=O) groups excluding carboxylic acids is 1. The van der Waals surface area contributed by atoms with Crippen LogP contribution in [0.4, 0.5) is 26.5 Å². The first-order chi connectivity index (χ1) is 15.2. The highest BCUT2D eigenvalue weighted by atomic mass is 32.2. The second-order valence-corrected chi connectivity index (χ2v) is 8.86. The summed E-state index contributed by atoms with van der Waals surface area (Å²) in [5, 5.41) is 2.99. The first kappa shape index (κ1) is 22.9. The van der Waals surface area contributed by atoms with Crippen molar-refractivity contribution in [3.05, 3.63) is 54.5 Å². The molecule has 9 nitrogen and oxygen atoms in total. The van der Waals surface area contributed by atoms with Gasteiger partial charge in [0.15, 0.2) is 0 Å². The SMILES string of the molecule is CCOC(=O)N=S(C)(=O)c1cccc(Nc2ncc(-c3ccc(N)c(F)c3)c(OC)n2)c1. The lowest BCUT2D eigenvalue weighted by atomic mass is 10.1. The Labute approximate surface area is 185 Å². The van der Waals surface area contributed by atoms with E-state index in [1.165, 1.54) is 31.7 Å². The Bertz CT molecular complexity index is 1270. The number of carbonyl (C=O) groups is 1. The van der Waals surface area contributed by atoms with E-state index >= 15 is 0 Å². The molecule has 1 amide bonds. The van der Waals surface area contributed by atoms with E-state index in [9.17, 15) is 13.4 Å². The first-order valence-corrected chi connectivity index (χ1v) is 11.4. The van der Waals surface area contributed by atoms with Crippen molar-refractivity contribution in [2.75, 3.05) is 31.0 Å². The number of benzene rings is 2. The highest BCUT2D eigenvalue weighted by molar-refractivity contribution is 7.93. The van der Waals surface area contributed by atoms with Crippen molar-refractivity contribution < 1.29 is 22.9 Å². The molecular weight excluding hydrogens is 437 g/mol. The predicted molar refractivity (Wildman–Crippen MR) is 120 cm³/mol. The van der Waals surface area contributed by atoms with Crippen LogP contribution in [0.3, 0.4) is 0 Å². The molecule has 32 heavy (non-hydrogen) atoms. The fourth-order valence-corrected chi connectivity index (χ4v) is 3.88. The minimum absolute atomic E-state index is 0.0361. The van der Waals surface area contributed by atoms with Gasteiger partial charge in [-0.2, -0.15) is 4.98 Å². The molecular formula is C21H22FN5O4S. The van der Waals surface area contributed by atoms with Crippen LogP contribution in [0.25, 0.3) is 11.1 Å². The Morgan fingerprint density at radius 1 is 1.28 bits per heavy atom. The Balaban J connectivity index is 1.89. The van der Waals surface area contributed by atoms with E-state index in [0.717, 1.165) is 0 Å². The largest absolute Gasteiger partial charge is 0.480 e. The van der Waals surface area contributed by atoms with Crippen LogP contribution in [0.1, 0.15) is 6.92 Å². The predicted octanol–water partition coefficient (Wildman–Crippen LogP) is 4.23. The molecule has 3 rings (SSSR count). The Morgan fingerprint density at radius 3 is 2.75 bits per heavy atom. The zero-order valence-corrected chi connectivity index (χ0v) is 18.5. The van der Waals surface area contributed by atoms with Gasteiger partial charge in [0.1, 0.15) is 5.82 Å². The molecule has 0 aliphatic carbocycles. The number of methoxy groups -OCH3 is 1. The van der Waals surface area contributed by atoms with Crippen LogP contribution in [0.2, 0.25) is 0 Å². The minimum atomic E-state index is -3.01. The third-order valence-corrected chi connectivity index (χ3v) is 5.93. The van der Waals surface area contributed by atoms with Crippen LogP contribution < -0.4 is 15.8 Å². The Hall–Kier alpha value is -3.73. The lowest BCUT2D eigenvalue weighted by molar-refractivity contribution is 0.164. The average Bonchev–Trinajstić information content (AvgIpc) is 2.75. The quantitative estimate of drug-likeness (QED) is 0.524. The Morgan fingerprint density at radius 2 is 2.06 bits per heavy atom. The van der Waals surface area contributed by atoms with Crippen molar-refractivity contribution in [3.63, 3.8) is 0 Å². The van der Waals surface area contributed by atoms with Crippen molar-refractivity contribution >= 4 is 33.1 Å². The monoisotopic (exact) mass is 459 g/mol. The zero-order chi connectivity index (χ0) is 23.3. The summed E-state index contributed by atoms with van der Waals surface area (Å²) in [6.07, 6.45) is 1.95. The lowest BCUT2D eigenvalue weighted by Gasteiger charge is -2.12. The van der Waals surface area contributed by atoms with Crippen molar-refractivity contribution in [1.82, 2.24) is 9.97 Å². The maximum Gasteiger partial charge on any atom is 0.442 e. The van der Waals surface area contributed by atoms with Gasteiger partial charge in [-0.05, 0) is 42.8 Å². The minimum Gasteiger partial charge on any atom is -0.480 e. The summed E-state index contributed by atoms with van der Waals surface area (Å²) in [7, 11) is -1.57. The molecule has 0 saturated heterocycles. The van der Waals surface area contributed by atoms with Gasteiger partial charge in [-0.1, -0.05) is 12.1 Å². The van der Waals surface area contributed by atoms with Gasteiger partial charge >= 0.3 is 6.09 Å². The molecule has 1 atom stereocenters. The van der Waals surface area contributed by atoms with Crippen LogP contribution in [0.5, 0.6) is 5.88 Å². The molecule has 0 spiro atoms. The number of amides is 1.